The molecule has 0 bridgehead atoms. The molecule has 3 nitrogen and oxygen atoms in total. The first-order valence-electron chi connectivity index (χ1n) is 6.13. The molecule has 4 heteroatoms. The van der Waals surface area contributed by atoms with Crippen LogP contribution in [0.4, 0.5) is 0 Å². The molecule has 0 aromatic heterocycles. The molecular weight excluding hydrogens is 244 g/mol. The number of hydrogen-bond acceptors (Lipinski definition) is 4. The molecule has 1 aromatic rings. The van der Waals surface area contributed by atoms with E-state index in [0.717, 1.165) is 24.4 Å². The number of para-hydroxylation sites is 1. The molecule has 96 valence electrons. The Morgan fingerprint density at radius 2 is 2.22 bits per heavy atom. The van der Waals surface area contributed by atoms with Gasteiger partial charge in [0.2, 0.25) is 0 Å². The molecule has 0 saturated heterocycles. The summed E-state index contributed by atoms with van der Waals surface area (Å²) in [7, 11) is 0. The molecule has 2 rings (SSSR count). The minimum Gasteiger partial charge on any atom is -0.478 e. The summed E-state index contributed by atoms with van der Waals surface area (Å²) in [5.74, 6) is 0.806. The zero-order chi connectivity index (χ0) is 12.8. The highest BCUT2D eigenvalue weighted by Crippen LogP contribution is 2.46. The fourth-order valence-corrected chi connectivity index (χ4v) is 2.67. The highest BCUT2D eigenvalue weighted by atomic mass is 32.2. The number of nitriles is 1. The Morgan fingerprint density at radius 1 is 1.44 bits per heavy atom. The van der Waals surface area contributed by atoms with Crippen LogP contribution in [0, 0.1) is 11.3 Å². The number of nitrogens with one attached hydrogen (secondary N) is 1. The van der Waals surface area contributed by atoms with E-state index in [1.54, 1.807) is 0 Å². The molecule has 1 fully saturated rings. The van der Waals surface area contributed by atoms with Gasteiger partial charge in [0, 0.05) is 23.4 Å². The summed E-state index contributed by atoms with van der Waals surface area (Å²) in [6, 6.07) is 9.88. The standard InChI is InChI=1S/C14H18N2OS/c1-18-14(6-7-14)11-16-10-12-4-2-3-5-13(12)17-9-8-15/h2-5,16H,6-7,9-11H2,1H3. The molecule has 1 aromatic carbocycles. The van der Waals surface area contributed by atoms with Crippen molar-refractivity contribution in [1.82, 2.24) is 5.32 Å². The van der Waals surface area contributed by atoms with Crippen LogP contribution in [0.5, 0.6) is 5.75 Å². The minimum absolute atomic E-state index is 0.103. The van der Waals surface area contributed by atoms with E-state index < -0.39 is 0 Å². The molecule has 0 atom stereocenters. The number of hydrogen-bond donors (Lipinski definition) is 1. The molecular formula is C14H18N2OS. The topological polar surface area (TPSA) is 45.0 Å². The van der Waals surface area contributed by atoms with E-state index in [-0.39, 0.29) is 6.61 Å². The lowest BCUT2D eigenvalue weighted by atomic mass is 10.2. The van der Waals surface area contributed by atoms with Crippen molar-refractivity contribution in [2.24, 2.45) is 0 Å². The second kappa shape index (κ2) is 6.12. The van der Waals surface area contributed by atoms with E-state index in [0.29, 0.717) is 4.75 Å². The van der Waals surface area contributed by atoms with Gasteiger partial charge in [-0.25, -0.2) is 0 Å². The lowest BCUT2D eigenvalue weighted by Gasteiger charge is -2.14. The normalized spacial score (nSPS) is 16.0. The second-order valence-corrected chi connectivity index (χ2v) is 5.82. The molecule has 0 radical (unpaired) electrons. The van der Waals surface area contributed by atoms with Gasteiger partial charge in [-0.2, -0.15) is 17.0 Å². The average Bonchev–Trinajstić information content (AvgIpc) is 3.18. The summed E-state index contributed by atoms with van der Waals surface area (Å²) in [5, 5.41) is 12.0. The third kappa shape index (κ3) is 3.41. The quantitative estimate of drug-likeness (QED) is 0.820. The zero-order valence-electron chi connectivity index (χ0n) is 10.6. The van der Waals surface area contributed by atoms with Gasteiger partial charge < -0.3 is 10.1 Å². The first-order chi connectivity index (χ1) is 8.79. The highest BCUT2D eigenvalue weighted by Gasteiger charge is 2.41. The lowest BCUT2D eigenvalue weighted by molar-refractivity contribution is 0.362. The summed E-state index contributed by atoms with van der Waals surface area (Å²) in [6.07, 6.45) is 4.81. The maximum absolute atomic E-state index is 8.55. The summed E-state index contributed by atoms with van der Waals surface area (Å²) in [6.45, 7) is 1.94. The molecule has 0 unspecified atom stereocenters. The molecule has 1 aliphatic carbocycles. The van der Waals surface area contributed by atoms with Crippen LogP contribution in [0.25, 0.3) is 0 Å². The largest absolute Gasteiger partial charge is 0.478 e. The maximum Gasteiger partial charge on any atom is 0.174 e. The van der Waals surface area contributed by atoms with Gasteiger partial charge in [-0.3, -0.25) is 0 Å². The van der Waals surface area contributed by atoms with Crippen LogP contribution in [-0.4, -0.2) is 24.2 Å². The van der Waals surface area contributed by atoms with Crippen molar-refractivity contribution in [2.45, 2.75) is 24.1 Å². The first-order valence-corrected chi connectivity index (χ1v) is 7.36. The molecule has 18 heavy (non-hydrogen) atoms. The Kier molecular flexibility index (Phi) is 4.51. The van der Waals surface area contributed by atoms with Crippen molar-refractivity contribution < 1.29 is 4.74 Å². The Hall–Kier alpha value is -1.18. The second-order valence-electron chi connectivity index (χ2n) is 4.55. The highest BCUT2D eigenvalue weighted by molar-refractivity contribution is 8.00. The van der Waals surface area contributed by atoms with E-state index in [2.05, 4.69) is 11.6 Å². The van der Waals surface area contributed by atoms with Gasteiger partial charge in [0.05, 0.1) is 0 Å². The van der Waals surface area contributed by atoms with Crippen molar-refractivity contribution in [3.8, 4) is 11.8 Å². The Bertz CT molecular complexity index is 438. The van der Waals surface area contributed by atoms with Crippen LogP contribution < -0.4 is 10.1 Å². The van der Waals surface area contributed by atoms with Crippen molar-refractivity contribution in [3.63, 3.8) is 0 Å². The molecule has 0 aliphatic heterocycles. The molecule has 1 saturated carbocycles. The molecule has 1 N–H and O–H groups in total. The third-order valence-electron chi connectivity index (χ3n) is 3.27. The smallest absolute Gasteiger partial charge is 0.174 e. The van der Waals surface area contributed by atoms with Crippen LogP contribution in [0.3, 0.4) is 0 Å². The van der Waals surface area contributed by atoms with E-state index in [1.165, 1.54) is 12.8 Å². The van der Waals surface area contributed by atoms with Crippen LogP contribution >= 0.6 is 11.8 Å². The van der Waals surface area contributed by atoms with Crippen molar-refractivity contribution in [2.75, 3.05) is 19.4 Å². The van der Waals surface area contributed by atoms with Gasteiger partial charge >= 0.3 is 0 Å². The van der Waals surface area contributed by atoms with E-state index >= 15 is 0 Å². The van der Waals surface area contributed by atoms with Crippen LogP contribution in [-0.2, 0) is 6.54 Å². The molecule has 0 amide bonds. The van der Waals surface area contributed by atoms with Gasteiger partial charge in [-0.1, -0.05) is 18.2 Å². The third-order valence-corrected chi connectivity index (χ3v) is 4.69. The fraction of sp³-hybridized carbons (Fsp3) is 0.500. The first kappa shape index (κ1) is 13.3. The van der Waals surface area contributed by atoms with Gasteiger partial charge in [0.15, 0.2) is 6.61 Å². The van der Waals surface area contributed by atoms with Gasteiger partial charge in [-0.15, -0.1) is 0 Å². The fourth-order valence-electron chi connectivity index (χ4n) is 1.92. The predicted octanol–water partition coefficient (Wildman–Crippen LogP) is 2.57. The number of thioether (sulfide) groups is 1. The van der Waals surface area contributed by atoms with Crippen LogP contribution in [0.15, 0.2) is 24.3 Å². The Labute approximate surface area is 113 Å². The van der Waals surface area contributed by atoms with E-state index in [9.17, 15) is 0 Å². The van der Waals surface area contributed by atoms with Crippen LogP contribution in [0.1, 0.15) is 18.4 Å². The van der Waals surface area contributed by atoms with Crippen molar-refractivity contribution >= 4 is 11.8 Å². The zero-order valence-corrected chi connectivity index (χ0v) is 11.4. The van der Waals surface area contributed by atoms with E-state index in [1.807, 2.05) is 42.1 Å². The summed E-state index contributed by atoms with van der Waals surface area (Å²) < 4.78 is 5.88. The monoisotopic (exact) mass is 262 g/mol. The number of ether oxygens (including phenoxy) is 1. The van der Waals surface area contributed by atoms with Gasteiger partial charge in [-0.05, 0) is 25.2 Å². The minimum atomic E-state index is 0.103. The van der Waals surface area contributed by atoms with Crippen molar-refractivity contribution in [3.05, 3.63) is 29.8 Å². The molecule has 0 spiro atoms. The van der Waals surface area contributed by atoms with Crippen LogP contribution in [0.2, 0.25) is 0 Å². The summed E-state index contributed by atoms with van der Waals surface area (Å²) >= 11 is 1.95. The average molecular weight is 262 g/mol. The molecule has 1 aliphatic rings. The lowest BCUT2D eigenvalue weighted by Crippen LogP contribution is -2.25. The van der Waals surface area contributed by atoms with E-state index in [4.69, 9.17) is 10.00 Å². The Morgan fingerprint density at radius 3 is 2.89 bits per heavy atom. The number of benzene rings is 1. The number of nitrogens with zero attached hydrogens (tertiary/aromatic N) is 1. The SMILES string of the molecule is CSC1(CNCc2ccccc2OCC#N)CC1. The Balaban J connectivity index is 1.86. The van der Waals surface area contributed by atoms with Crippen molar-refractivity contribution in [1.29, 1.82) is 5.26 Å². The predicted molar refractivity (Wildman–Crippen MR) is 74.7 cm³/mol. The maximum atomic E-state index is 8.55. The molecule has 0 heterocycles. The summed E-state index contributed by atoms with van der Waals surface area (Å²) in [4.78, 5) is 0. The number of rotatable bonds is 7. The summed E-state index contributed by atoms with van der Waals surface area (Å²) in [5.41, 5.74) is 1.12. The van der Waals surface area contributed by atoms with Gasteiger partial charge in [0.25, 0.3) is 0 Å². The van der Waals surface area contributed by atoms with Gasteiger partial charge in [0.1, 0.15) is 11.8 Å².